The lowest BCUT2D eigenvalue weighted by atomic mass is 9.96. The fraction of sp³-hybridized carbons (Fsp3) is 0.500. The highest BCUT2D eigenvalue weighted by Gasteiger charge is 2.27. The summed E-state index contributed by atoms with van der Waals surface area (Å²) in [7, 11) is 0. The van der Waals surface area contributed by atoms with Crippen molar-refractivity contribution >= 4 is 5.69 Å². The Labute approximate surface area is 114 Å². The minimum Gasteiger partial charge on any atom is -0.376 e. The molecule has 1 aromatic rings. The molecule has 1 aromatic carbocycles. The van der Waals surface area contributed by atoms with Crippen molar-refractivity contribution in [2.24, 2.45) is 5.92 Å². The summed E-state index contributed by atoms with van der Waals surface area (Å²) in [5.41, 5.74) is -0.824. The number of hydrogen-bond donors (Lipinski definition) is 1. The third kappa shape index (κ3) is 2.87. The van der Waals surface area contributed by atoms with Gasteiger partial charge in [0.2, 0.25) is 0 Å². The standard InChI is InChI=1S/C14H14F4N2/c15-9-6-10(16)13(18)14(12(9)17)20-11-5-3-1-2-4-8(11)7-19/h6,8,11,20H,1-5H2. The molecule has 2 rings (SSSR count). The summed E-state index contributed by atoms with van der Waals surface area (Å²) < 4.78 is 53.5. The van der Waals surface area contributed by atoms with Gasteiger partial charge in [-0.1, -0.05) is 19.3 Å². The molecule has 0 bridgehead atoms. The maximum absolute atomic E-state index is 13.6. The SMILES string of the molecule is N#CC1CCCCCC1Nc1c(F)c(F)cc(F)c1F. The molecule has 1 saturated carbocycles. The van der Waals surface area contributed by atoms with Crippen molar-refractivity contribution < 1.29 is 17.6 Å². The van der Waals surface area contributed by atoms with Crippen molar-refractivity contribution in [3.63, 3.8) is 0 Å². The van der Waals surface area contributed by atoms with Crippen LogP contribution in [0.2, 0.25) is 0 Å². The second kappa shape index (κ2) is 6.12. The zero-order chi connectivity index (χ0) is 14.7. The monoisotopic (exact) mass is 286 g/mol. The Morgan fingerprint density at radius 2 is 1.60 bits per heavy atom. The number of nitriles is 1. The molecule has 0 aliphatic heterocycles. The molecule has 1 fully saturated rings. The van der Waals surface area contributed by atoms with Crippen molar-refractivity contribution in [2.75, 3.05) is 5.32 Å². The van der Waals surface area contributed by atoms with Crippen LogP contribution in [0.25, 0.3) is 0 Å². The van der Waals surface area contributed by atoms with Crippen molar-refractivity contribution in [1.29, 1.82) is 5.26 Å². The minimum absolute atomic E-state index is 0.171. The summed E-state index contributed by atoms with van der Waals surface area (Å²) in [4.78, 5) is 0. The van der Waals surface area contributed by atoms with Crippen molar-refractivity contribution in [1.82, 2.24) is 0 Å². The lowest BCUT2D eigenvalue weighted by molar-refractivity contribution is 0.449. The molecule has 6 heteroatoms. The molecule has 20 heavy (non-hydrogen) atoms. The molecule has 0 aromatic heterocycles. The number of halogens is 4. The smallest absolute Gasteiger partial charge is 0.185 e. The summed E-state index contributed by atoms with van der Waals surface area (Å²) >= 11 is 0. The molecule has 0 saturated heterocycles. The Kier molecular flexibility index (Phi) is 4.48. The Morgan fingerprint density at radius 1 is 1.00 bits per heavy atom. The molecule has 1 aliphatic carbocycles. The first-order valence-corrected chi connectivity index (χ1v) is 6.53. The predicted molar refractivity (Wildman–Crippen MR) is 65.9 cm³/mol. The summed E-state index contributed by atoms with van der Waals surface area (Å²) in [5, 5.41) is 11.6. The van der Waals surface area contributed by atoms with E-state index in [1.807, 2.05) is 0 Å². The Balaban J connectivity index is 2.31. The van der Waals surface area contributed by atoms with Crippen LogP contribution in [0.1, 0.15) is 32.1 Å². The van der Waals surface area contributed by atoms with Crippen LogP contribution in [0.3, 0.4) is 0 Å². The van der Waals surface area contributed by atoms with E-state index in [0.29, 0.717) is 12.8 Å². The maximum atomic E-state index is 13.6. The molecule has 0 radical (unpaired) electrons. The average Bonchev–Trinajstić information content (AvgIpc) is 2.66. The van der Waals surface area contributed by atoms with E-state index in [4.69, 9.17) is 5.26 Å². The fourth-order valence-corrected chi connectivity index (χ4v) is 2.52. The van der Waals surface area contributed by atoms with Gasteiger partial charge in [0, 0.05) is 12.1 Å². The van der Waals surface area contributed by atoms with Gasteiger partial charge < -0.3 is 5.32 Å². The van der Waals surface area contributed by atoms with E-state index >= 15 is 0 Å². The highest BCUT2D eigenvalue weighted by Crippen LogP contribution is 2.30. The van der Waals surface area contributed by atoms with Gasteiger partial charge in [0.05, 0.1) is 12.0 Å². The van der Waals surface area contributed by atoms with Gasteiger partial charge >= 0.3 is 0 Å². The quantitative estimate of drug-likeness (QED) is 0.504. The molecule has 2 nitrogen and oxygen atoms in total. The largest absolute Gasteiger partial charge is 0.376 e. The van der Waals surface area contributed by atoms with E-state index in [1.165, 1.54) is 0 Å². The van der Waals surface area contributed by atoms with Gasteiger partial charge in [-0.2, -0.15) is 5.26 Å². The molecular weight excluding hydrogens is 272 g/mol. The van der Waals surface area contributed by atoms with E-state index in [9.17, 15) is 17.6 Å². The van der Waals surface area contributed by atoms with E-state index in [0.717, 1.165) is 19.3 Å². The third-order valence-corrected chi connectivity index (χ3v) is 3.62. The van der Waals surface area contributed by atoms with Crippen molar-refractivity contribution in [2.45, 2.75) is 38.1 Å². The first-order valence-electron chi connectivity index (χ1n) is 6.53. The molecule has 0 spiro atoms. The Hall–Kier alpha value is -1.77. The van der Waals surface area contributed by atoms with Gasteiger partial charge in [-0.05, 0) is 12.8 Å². The lowest BCUT2D eigenvalue weighted by Gasteiger charge is -2.22. The van der Waals surface area contributed by atoms with E-state index < -0.39 is 40.9 Å². The number of hydrogen-bond acceptors (Lipinski definition) is 2. The minimum atomic E-state index is -1.45. The summed E-state index contributed by atoms with van der Waals surface area (Å²) in [6.07, 6.45) is 3.74. The van der Waals surface area contributed by atoms with Crippen LogP contribution in [-0.2, 0) is 0 Å². The maximum Gasteiger partial charge on any atom is 0.185 e. The number of benzene rings is 1. The molecule has 0 heterocycles. The molecule has 1 N–H and O–H groups in total. The normalized spacial score (nSPS) is 22.9. The van der Waals surface area contributed by atoms with Crippen LogP contribution in [-0.4, -0.2) is 6.04 Å². The van der Waals surface area contributed by atoms with Gasteiger partial charge in [-0.25, -0.2) is 17.6 Å². The predicted octanol–water partition coefficient (Wildman–Crippen LogP) is 4.13. The first-order chi connectivity index (χ1) is 9.54. The topological polar surface area (TPSA) is 35.8 Å². The van der Waals surface area contributed by atoms with Gasteiger partial charge in [0.15, 0.2) is 23.3 Å². The highest BCUT2D eigenvalue weighted by molar-refractivity contribution is 5.48. The number of rotatable bonds is 2. The zero-order valence-corrected chi connectivity index (χ0v) is 10.7. The van der Waals surface area contributed by atoms with Gasteiger partial charge in [-0.15, -0.1) is 0 Å². The van der Waals surface area contributed by atoms with E-state index in [-0.39, 0.29) is 6.07 Å². The van der Waals surface area contributed by atoms with E-state index in [1.54, 1.807) is 0 Å². The zero-order valence-electron chi connectivity index (χ0n) is 10.7. The van der Waals surface area contributed by atoms with Gasteiger partial charge in [-0.3, -0.25) is 0 Å². The first kappa shape index (κ1) is 14.6. The molecule has 2 atom stereocenters. The van der Waals surface area contributed by atoms with Crippen LogP contribution in [0.15, 0.2) is 6.07 Å². The van der Waals surface area contributed by atoms with Crippen LogP contribution < -0.4 is 5.32 Å². The van der Waals surface area contributed by atoms with Gasteiger partial charge in [0.25, 0.3) is 0 Å². The fourth-order valence-electron chi connectivity index (χ4n) is 2.52. The molecule has 1 aliphatic rings. The highest BCUT2D eigenvalue weighted by atomic mass is 19.2. The molecule has 108 valence electrons. The van der Waals surface area contributed by atoms with Crippen molar-refractivity contribution in [3.8, 4) is 6.07 Å². The molecule has 2 unspecified atom stereocenters. The van der Waals surface area contributed by atoms with Crippen LogP contribution in [0, 0.1) is 40.5 Å². The second-order valence-corrected chi connectivity index (χ2v) is 4.97. The Morgan fingerprint density at radius 3 is 2.20 bits per heavy atom. The van der Waals surface area contributed by atoms with Gasteiger partial charge in [0.1, 0.15) is 5.69 Å². The van der Waals surface area contributed by atoms with Crippen LogP contribution in [0.5, 0.6) is 0 Å². The van der Waals surface area contributed by atoms with E-state index in [2.05, 4.69) is 11.4 Å². The summed E-state index contributed by atoms with van der Waals surface area (Å²) in [6, 6.07) is 1.75. The Bertz CT molecular complexity index is 513. The number of nitrogens with zero attached hydrogens (tertiary/aromatic N) is 1. The molecular formula is C14H14F4N2. The number of anilines is 1. The van der Waals surface area contributed by atoms with Crippen LogP contribution >= 0.6 is 0 Å². The van der Waals surface area contributed by atoms with Crippen LogP contribution in [0.4, 0.5) is 23.2 Å². The second-order valence-electron chi connectivity index (χ2n) is 4.97. The lowest BCUT2D eigenvalue weighted by Crippen LogP contribution is -2.28. The molecule has 0 amide bonds. The summed E-state index contributed by atoms with van der Waals surface area (Å²) in [6.45, 7) is 0. The summed E-state index contributed by atoms with van der Waals surface area (Å²) in [5.74, 6) is -6.24. The van der Waals surface area contributed by atoms with Crippen molar-refractivity contribution in [3.05, 3.63) is 29.3 Å². The average molecular weight is 286 g/mol. The number of nitrogens with one attached hydrogen (secondary N) is 1. The third-order valence-electron chi connectivity index (χ3n) is 3.62.